The molecule has 0 aliphatic carbocycles. The van der Waals surface area contributed by atoms with Gasteiger partial charge in [-0.1, -0.05) is 0 Å². The van der Waals surface area contributed by atoms with E-state index in [-0.39, 0.29) is 6.09 Å². The van der Waals surface area contributed by atoms with Crippen molar-refractivity contribution in [1.29, 1.82) is 0 Å². The number of nitrogens with zero attached hydrogens (tertiary/aromatic N) is 1. The first-order valence-corrected chi connectivity index (χ1v) is 7.73. The maximum absolute atomic E-state index is 11.8. The number of aromatic nitrogens is 1. The Balaban J connectivity index is 1.86. The zero-order chi connectivity index (χ0) is 15.5. The van der Waals surface area contributed by atoms with Crippen LogP contribution in [0.3, 0.4) is 0 Å². The van der Waals surface area contributed by atoms with Crippen LogP contribution in [-0.4, -0.2) is 40.7 Å². The third-order valence-corrected chi connectivity index (χ3v) is 3.87. The van der Waals surface area contributed by atoms with E-state index in [1.165, 1.54) is 12.1 Å². The summed E-state index contributed by atoms with van der Waals surface area (Å²) in [4.78, 5) is 17.5. The second kappa shape index (κ2) is 6.52. The first-order valence-electron chi connectivity index (χ1n) is 7.73. The van der Waals surface area contributed by atoms with Gasteiger partial charge in [-0.3, -0.25) is 4.90 Å². The summed E-state index contributed by atoms with van der Waals surface area (Å²) in [5.41, 5.74) is 0.774. The molecule has 0 aromatic carbocycles. The molecule has 2 atom stereocenters. The summed E-state index contributed by atoms with van der Waals surface area (Å²) in [6.07, 6.45) is 3.91. The molecule has 118 valence electrons. The van der Waals surface area contributed by atoms with Crippen molar-refractivity contribution in [1.82, 2.24) is 15.2 Å². The van der Waals surface area contributed by atoms with Gasteiger partial charge in [0.2, 0.25) is 0 Å². The van der Waals surface area contributed by atoms with Crippen LogP contribution < -0.4 is 5.32 Å². The summed E-state index contributed by atoms with van der Waals surface area (Å²) in [7, 11) is 0. The number of hydrogen-bond donors (Lipinski definition) is 2. The molecule has 0 spiro atoms. The van der Waals surface area contributed by atoms with Gasteiger partial charge >= 0.3 is 6.09 Å². The molecule has 1 aliphatic heterocycles. The van der Waals surface area contributed by atoms with Gasteiger partial charge in [0.1, 0.15) is 5.60 Å². The molecule has 0 radical (unpaired) electrons. The molecule has 5 heteroatoms. The summed E-state index contributed by atoms with van der Waals surface area (Å²) in [6, 6.07) is 4.85. The predicted octanol–water partition coefficient (Wildman–Crippen LogP) is 3.06. The van der Waals surface area contributed by atoms with E-state index < -0.39 is 5.60 Å². The predicted molar refractivity (Wildman–Crippen MR) is 83.2 cm³/mol. The summed E-state index contributed by atoms with van der Waals surface area (Å²) in [6.45, 7) is 9.55. The van der Waals surface area contributed by atoms with E-state index in [1.54, 1.807) is 0 Å². The van der Waals surface area contributed by atoms with Crippen molar-refractivity contribution in [2.75, 3.05) is 13.1 Å². The number of carbonyl (C=O) groups excluding carboxylic acids is 1. The van der Waals surface area contributed by atoms with Crippen LogP contribution in [0, 0.1) is 0 Å². The molecule has 5 nitrogen and oxygen atoms in total. The Morgan fingerprint density at radius 3 is 2.95 bits per heavy atom. The summed E-state index contributed by atoms with van der Waals surface area (Å²) in [5, 5.41) is 2.90. The fraction of sp³-hybridized carbons (Fsp3) is 0.688. The molecule has 0 saturated carbocycles. The largest absolute Gasteiger partial charge is 0.444 e. The number of ether oxygens (including phenoxy) is 1. The molecule has 1 aromatic rings. The molecule has 2 rings (SSSR count). The van der Waals surface area contributed by atoms with Crippen LogP contribution in [0.5, 0.6) is 0 Å². The van der Waals surface area contributed by atoms with E-state index in [9.17, 15) is 4.79 Å². The number of H-pyrrole nitrogens is 1. The maximum Gasteiger partial charge on any atom is 0.407 e. The molecule has 1 saturated heterocycles. The van der Waals surface area contributed by atoms with Crippen molar-refractivity contribution in [2.45, 2.75) is 58.2 Å². The van der Waals surface area contributed by atoms with Crippen molar-refractivity contribution in [3.63, 3.8) is 0 Å². The number of hydrogen-bond acceptors (Lipinski definition) is 3. The van der Waals surface area contributed by atoms with Crippen molar-refractivity contribution < 1.29 is 9.53 Å². The minimum atomic E-state index is -0.447. The molecule has 1 aromatic heterocycles. The van der Waals surface area contributed by atoms with Crippen molar-refractivity contribution in [3.05, 3.63) is 24.0 Å². The van der Waals surface area contributed by atoms with Gasteiger partial charge in [0.25, 0.3) is 0 Å². The van der Waals surface area contributed by atoms with Crippen molar-refractivity contribution in [3.8, 4) is 0 Å². The van der Waals surface area contributed by atoms with Gasteiger partial charge in [-0.25, -0.2) is 4.79 Å². The summed E-state index contributed by atoms with van der Waals surface area (Å²) >= 11 is 0. The van der Waals surface area contributed by atoms with Crippen molar-refractivity contribution >= 4 is 6.09 Å². The van der Waals surface area contributed by atoms with Crippen LogP contribution in [0.1, 0.15) is 52.3 Å². The molecule has 2 heterocycles. The second-order valence-electron chi connectivity index (χ2n) is 6.72. The molecular weight excluding hydrogens is 266 g/mol. The number of carbonyl (C=O) groups is 1. The lowest BCUT2D eigenvalue weighted by Crippen LogP contribution is -2.42. The summed E-state index contributed by atoms with van der Waals surface area (Å²) < 4.78 is 5.29. The third-order valence-electron chi connectivity index (χ3n) is 3.87. The van der Waals surface area contributed by atoms with Gasteiger partial charge in [0.05, 0.1) is 0 Å². The smallest absolute Gasteiger partial charge is 0.407 e. The zero-order valence-electron chi connectivity index (χ0n) is 13.5. The Kier molecular flexibility index (Phi) is 4.93. The minimum absolute atomic E-state index is 0.332. The molecule has 0 bridgehead atoms. The number of alkyl carbamates (subject to hydrolysis) is 1. The number of aromatic amines is 1. The number of likely N-dealkylation sites (tertiary alicyclic amines) is 1. The van der Waals surface area contributed by atoms with Crippen LogP contribution in [0.15, 0.2) is 18.3 Å². The Bertz CT molecular complexity index is 451. The lowest BCUT2D eigenvalue weighted by Gasteiger charge is -2.30. The van der Waals surface area contributed by atoms with E-state index in [4.69, 9.17) is 4.74 Å². The highest BCUT2D eigenvalue weighted by Gasteiger charge is 2.30. The highest BCUT2D eigenvalue weighted by molar-refractivity contribution is 5.67. The number of rotatable bonds is 4. The maximum atomic E-state index is 11.8. The highest BCUT2D eigenvalue weighted by atomic mass is 16.6. The molecule has 1 amide bonds. The Hall–Kier alpha value is -1.49. The molecule has 2 N–H and O–H groups in total. The van der Waals surface area contributed by atoms with E-state index in [2.05, 4.69) is 28.2 Å². The van der Waals surface area contributed by atoms with E-state index in [0.717, 1.165) is 13.0 Å². The molecule has 1 fully saturated rings. The SMILES string of the molecule is C[C@H](c1ccc[nH]1)N1CCC[C@@H]1CNC(=O)OC(C)(C)C. The minimum Gasteiger partial charge on any atom is -0.444 e. The standard InChI is InChI=1S/C16H27N3O2/c1-12(14-8-5-9-17-14)19-10-6-7-13(19)11-18-15(20)21-16(2,3)4/h5,8-9,12-13,17H,6-7,10-11H2,1-4H3,(H,18,20)/t12-,13-/m1/s1. The molecule has 1 aliphatic rings. The fourth-order valence-electron chi connectivity index (χ4n) is 2.89. The summed E-state index contributed by atoms with van der Waals surface area (Å²) in [5.74, 6) is 0. The molecule has 0 unspecified atom stereocenters. The average Bonchev–Trinajstić information content (AvgIpc) is 3.05. The van der Waals surface area contributed by atoms with Gasteiger partial charge in [-0.05, 0) is 59.2 Å². The Morgan fingerprint density at radius 2 is 2.33 bits per heavy atom. The molecule has 21 heavy (non-hydrogen) atoms. The monoisotopic (exact) mass is 293 g/mol. The number of amides is 1. The third kappa shape index (κ3) is 4.49. The van der Waals surface area contributed by atoms with Crippen molar-refractivity contribution in [2.24, 2.45) is 0 Å². The fourth-order valence-corrected chi connectivity index (χ4v) is 2.89. The van der Waals surface area contributed by atoms with Crippen LogP contribution in [0.25, 0.3) is 0 Å². The zero-order valence-corrected chi connectivity index (χ0v) is 13.5. The Labute approximate surface area is 127 Å². The average molecular weight is 293 g/mol. The number of nitrogens with one attached hydrogen (secondary N) is 2. The lowest BCUT2D eigenvalue weighted by molar-refractivity contribution is 0.0507. The van der Waals surface area contributed by atoms with Gasteiger partial charge in [-0.15, -0.1) is 0 Å². The first kappa shape index (κ1) is 15.9. The van der Waals surface area contributed by atoms with Crippen LogP contribution in [-0.2, 0) is 4.74 Å². The first-order chi connectivity index (χ1) is 9.87. The highest BCUT2D eigenvalue weighted by Crippen LogP contribution is 2.27. The van der Waals surface area contributed by atoms with Crippen LogP contribution in [0.2, 0.25) is 0 Å². The normalized spacial score (nSPS) is 21.2. The topological polar surface area (TPSA) is 57.4 Å². The van der Waals surface area contributed by atoms with Crippen LogP contribution >= 0.6 is 0 Å². The van der Waals surface area contributed by atoms with E-state index in [0.29, 0.717) is 18.6 Å². The lowest BCUT2D eigenvalue weighted by atomic mass is 10.1. The van der Waals surface area contributed by atoms with Gasteiger partial charge in [0, 0.05) is 30.5 Å². The van der Waals surface area contributed by atoms with Gasteiger partial charge in [-0.2, -0.15) is 0 Å². The molecular formula is C16H27N3O2. The Morgan fingerprint density at radius 1 is 1.57 bits per heavy atom. The second-order valence-corrected chi connectivity index (χ2v) is 6.72. The van der Waals surface area contributed by atoms with Crippen LogP contribution in [0.4, 0.5) is 4.79 Å². The quantitative estimate of drug-likeness (QED) is 0.897. The van der Waals surface area contributed by atoms with E-state index in [1.807, 2.05) is 33.0 Å². The van der Waals surface area contributed by atoms with E-state index >= 15 is 0 Å². The van der Waals surface area contributed by atoms with Gasteiger partial charge in [0.15, 0.2) is 0 Å². The van der Waals surface area contributed by atoms with Gasteiger partial charge < -0.3 is 15.0 Å².